The van der Waals surface area contributed by atoms with Gasteiger partial charge in [-0.3, -0.25) is 4.79 Å². The zero-order valence-corrected chi connectivity index (χ0v) is 8.27. The van der Waals surface area contributed by atoms with Crippen molar-refractivity contribution in [3.63, 3.8) is 0 Å². The second-order valence-corrected chi connectivity index (χ2v) is 3.19. The first-order valence-corrected chi connectivity index (χ1v) is 4.67. The molecule has 0 bridgehead atoms. The van der Waals surface area contributed by atoms with Crippen molar-refractivity contribution < 1.29 is 4.79 Å². The van der Waals surface area contributed by atoms with Crippen molar-refractivity contribution in [1.29, 1.82) is 5.26 Å². The molecule has 0 N–H and O–H groups in total. The summed E-state index contributed by atoms with van der Waals surface area (Å²) in [5.74, 6) is 0.0417. The lowest BCUT2D eigenvalue weighted by atomic mass is 10.1. The molecule has 0 unspecified atom stereocenters. The molecule has 0 radical (unpaired) electrons. The topological polar surface area (TPSA) is 58.2 Å². The minimum Gasteiger partial charge on any atom is -0.294 e. The summed E-state index contributed by atoms with van der Waals surface area (Å²) >= 11 is 0. The van der Waals surface area contributed by atoms with Crippen LogP contribution in [0.5, 0.6) is 0 Å². The van der Waals surface area contributed by atoms with Crippen LogP contribution in [0.4, 0.5) is 0 Å². The van der Waals surface area contributed by atoms with Crippen molar-refractivity contribution in [3.05, 3.63) is 35.7 Å². The van der Waals surface area contributed by atoms with Gasteiger partial charge in [-0.2, -0.15) is 10.4 Å². The van der Waals surface area contributed by atoms with E-state index in [2.05, 4.69) is 5.10 Å². The Labute approximate surface area is 86.8 Å². The minimum absolute atomic E-state index is 0.0417. The van der Waals surface area contributed by atoms with E-state index in [1.54, 1.807) is 36.0 Å². The molecule has 0 atom stereocenters. The maximum atomic E-state index is 11.6. The lowest BCUT2D eigenvalue weighted by molar-refractivity contribution is 0.0989. The van der Waals surface area contributed by atoms with Crippen molar-refractivity contribution in [3.8, 4) is 6.07 Å². The van der Waals surface area contributed by atoms with Crippen molar-refractivity contribution >= 4 is 11.3 Å². The van der Waals surface area contributed by atoms with Gasteiger partial charge >= 0.3 is 0 Å². The van der Waals surface area contributed by atoms with Crippen LogP contribution < -0.4 is 0 Å². The maximum absolute atomic E-state index is 11.6. The first-order valence-electron chi connectivity index (χ1n) is 4.67. The van der Waals surface area contributed by atoms with E-state index >= 15 is 0 Å². The summed E-state index contributed by atoms with van der Waals surface area (Å²) in [6.07, 6.45) is 3.67. The number of ketones is 1. The molecule has 0 aliphatic rings. The van der Waals surface area contributed by atoms with Gasteiger partial charge < -0.3 is 0 Å². The number of hydrogen-bond acceptors (Lipinski definition) is 3. The van der Waals surface area contributed by atoms with Crippen LogP contribution in [-0.2, 0) is 0 Å². The Morgan fingerprint density at radius 1 is 1.67 bits per heavy atom. The summed E-state index contributed by atoms with van der Waals surface area (Å²) in [4.78, 5) is 11.6. The molecule has 0 aromatic carbocycles. The highest BCUT2D eigenvalue weighted by Gasteiger charge is 2.10. The average Bonchev–Trinajstić information content (AvgIpc) is 2.70. The van der Waals surface area contributed by atoms with Gasteiger partial charge in [-0.25, -0.2) is 4.52 Å². The Balaban J connectivity index is 2.67. The Hall–Kier alpha value is -2.15. The van der Waals surface area contributed by atoms with Crippen molar-refractivity contribution in [1.82, 2.24) is 9.61 Å². The first-order chi connectivity index (χ1) is 7.26. The molecule has 0 fully saturated rings. The number of fused-ring (bicyclic) bond motifs is 1. The molecule has 0 saturated carbocycles. The monoisotopic (exact) mass is 199 g/mol. The number of aromatic nitrogens is 2. The van der Waals surface area contributed by atoms with E-state index in [9.17, 15) is 4.79 Å². The SMILES string of the molecule is CCC(=O)c1cnn2ccc(C#N)cc12. The van der Waals surface area contributed by atoms with Crippen molar-refractivity contribution in [2.45, 2.75) is 13.3 Å². The van der Waals surface area contributed by atoms with Crippen molar-refractivity contribution in [2.24, 2.45) is 0 Å². The minimum atomic E-state index is 0.0417. The van der Waals surface area contributed by atoms with Crippen LogP contribution in [0, 0.1) is 11.3 Å². The molecule has 4 nitrogen and oxygen atoms in total. The fraction of sp³-hybridized carbons (Fsp3) is 0.182. The molecular formula is C11H9N3O. The molecule has 74 valence electrons. The fourth-order valence-corrected chi connectivity index (χ4v) is 1.46. The number of Topliss-reactive ketones (excluding diaryl/α,β-unsaturated/α-hetero) is 1. The predicted octanol–water partition coefficient (Wildman–Crippen LogP) is 1.80. The van der Waals surface area contributed by atoms with Crippen LogP contribution in [0.15, 0.2) is 24.5 Å². The number of carbonyl (C=O) groups is 1. The number of nitrogens with zero attached hydrogens (tertiary/aromatic N) is 3. The Morgan fingerprint density at radius 3 is 3.13 bits per heavy atom. The molecule has 15 heavy (non-hydrogen) atoms. The molecule has 0 aliphatic heterocycles. The van der Waals surface area contributed by atoms with Gasteiger partial charge in [0.25, 0.3) is 0 Å². The van der Waals surface area contributed by atoms with Gasteiger partial charge in [-0.15, -0.1) is 0 Å². The molecule has 0 spiro atoms. The van der Waals surface area contributed by atoms with E-state index in [4.69, 9.17) is 5.26 Å². The van der Waals surface area contributed by atoms with Crippen LogP contribution in [0.3, 0.4) is 0 Å². The summed E-state index contributed by atoms with van der Waals surface area (Å²) < 4.78 is 1.60. The lowest BCUT2D eigenvalue weighted by Gasteiger charge is -1.96. The van der Waals surface area contributed by atoms with Crippen LogP contribution >= 0.6 is 0 Å². The van der Waals surface area contributed by atoms with Gasteiger partial charge in [-0.05, 0) is 12.1 Å². The second kappa shape index (κ2) is 3.54. The standard InChI is InChI=1S/C11H9N3O/c1-2-11(15)9-7-13-14-4-3-8(6-12)5-10(9)14/h3-5,7H,2H2,1H3. The Kier molecular flexibility index (Phi) is 2.22. The summed E-state index contributed by atoms with van der Waals surface area (Å²) in [6.45, 7) is 1.81. The number of carbonyl (C=O) groups excluding carboxylic acids is 1. The highest BCUT2D eigenvalue weighted by Crippen LogP contribution is 2.14. The summed E-state index contributed by atoms with van der Waals surface area (Å²) in [5, 5.41) is 12.8. The van der Waals surface area contributed by atoms with E-state index in [-0.39, 0.29) is 5.78 Å². The second-order valence-electron chi connectivity index (χ2n) is 3.19. The van der Waals surface area contributed by atoms with Gasteiger partial charge in [0, 0.05) is 12.6 Å². The zero-order valence-electron chi connectivity index (χ0n) is 8.27. The average molecular weight is 199 g/mol. The number of rotatable bonds is 2. The third-order valence-corrected chi connectivity index (χ3v) is 2.27. The smallest absolute Gasteiger partial charge is 0.166 e. The van der Waals surface area contributed by atoms with Crippen LogP contribution in [-0.4, -0.2) is 15.4 Å². The highest BCUT2D eigenvalue weighted by molar-refractivity contribution is 6.02. The van der Waals surface area contributed by atoms with Gasteiger partial charge in [0.05, 0.1) is 28.9 Å². The van der Waals surface area contributed by atoms with E-state index in [1.807, 2.05) is 6.07 Å². The normalized spacial score (nSPS) is 10.1. The molecule has 0 aliphatic carbocycles. The zero-order chi connectivity index (χ0) is 10.8. The quantitative estimate of drug-likeness (QED) is 0.693. The fourth-order valence-electron chi connectivity index (χ4n) is 1.46. The highest BCUT2D eigenvalue weighted by atomic mass is 16.1. The van der Waals surface area contributed by atoms with Gasteiger partial charge in [0.1, 0.15) is 0 Å². The first kappa shape index (κ1) is 9.41. The van der Waals surface area contributed by atoms with Crippen LogP contribution in [0.1, 0.15) is 29.3 Å². The molecule has 0 saturated heterocycles. The summed E-state index contributed by atoms with van der Waals surface area (Å²) in [7, 11) is 0. The number of nitriles is 1. The molecular weight excluding hydrogens is 190 g/mol. The number of pyridine rings is 1. The molecule has 4 heteroatoms. The molecule has 0 amide bonds. The third kappa shape index (κ3) is 1.48. The molecule has 2 rings (SSSR count). The van der Waals surface area contributed by atoms with E-state index in [0.29, 0.717) is 23.1 Å². The van der Waals surface area contributed by atoms with E-state index in [0.717, 1.165) is 0 Å². The van der Waals surface area contributed by atoms with Crippen LogP contribution in [0.2, 0.25) is 0 Å². The molecule has 2 aromatic rings. The Morgan fingerprint density at radius 2 is 2.47 bits per heavy atom. The van der Waals surface area contributed by atoms with Gasteiger partial charge in [0.15, 0.2) is 5.78 Å². The Bertz CT molecular complexity index is 563. The van der Waals surface area contributed by atoms with E-state index in [1.165, 1.54) is 0 Å². The van der Waals surface area contributed by atoms with Crippen molar-refractivity contribution in [2.75, 3.05) is 0 Å². The maximum Gasteiger partial charge on any atom is 0.166 e. The van der Waals surface area contributed by atoms with Crippen LogP contribution in [0.25, 0.3) is 5.52 Å². The van der Waals surface area contributed by atoms with E-state index < -0.39 is 0 Å². The predicted molar refractivity (Wildman–Crippen MR) is 54.5 cm³/mol. The molecule has 2 heterocycles. The number of hydrogen-bond donors (Lipinski definition) is 0. The lowest BCUT2D eigenvalue weighted by Crippen LogP contribution is -1.96. The van der Waals surface area contributed by atoms with Gasteiger partial charge in [0.2, 0.25) is 0 Å². The summed E-state index contributed by atoms with van der Waals surface area (Å²) in [5.41, 5.74) is 1.81. The largest absolute Gasteiger partial charge is 0.294 e. The third-order valence-electron chi connectivity index (χ3n) is 2.27. The summed E-state index contributed by atoms with van der Waals surface area (Å²) in [6, 6.07) is 5.38. The molecule has 2 aromatic heterocycles. The van der Waals surface area contributed by atoms with Gasteiger partial charge in [-0.1, -0.05) is 6.92 Å².